The van der Waals surface area contributed by atoms with Crippen LogP contribution < -0.4 is 5.32 Å². The van der Waals surface area contributed by atoms with E-state index in [0.717, 1.165) is 5.69 Å². The van der Waals surface area contributed by atoms with Crippen molar-refractivity contribution in [1.29, 1.82) is 0 Å². The van der Waals surface area contributed by atoms with Crippen LogP contribution in [0.4, 0.5) is 0 Å². The molecule has 0 amide bonds. The molecule has 0 radical (unpaired) electrons. The van der Waals surface area contributed by atoms with Gasteiger partial charge in [0.05, 0.1) is 11.8 Å². The van der Waals surface area contributed by atoms with Crippen molar-refractivity contribution in [1.82, 2.24) is 10.3 Å². The molecule has 1 aromatic carbocycles. The number of nitrogens with zero attached hydrogens (tertiary/aromatic N) is 1. The lowest BCUT2D eigenvalue weighted by Crippen LogP contribution is -2.25. The van der Waals surface area contributed by atoms with Gasteiger partial charge in [-0.2, -0.15) is 0 Å². The second kappa shape index (κ2) is 7.04. The second-order valence-electron chi connectivity index (χ2n) is 4.57. The topological polar surface area (TPSA) is 45.1 Å². The number of aliphatic hydroxyl groups excluding tert-OH is 1. The van der Waals surface area contributed by atoms with Crippen LogP contribution in [0.3, 0.4) is 0 Å². The third-order valence-electron chi connectivity index (χ3n) is 3.07. The van der Waals surface area contributed by atoms with Crippen molar-refractivity contribution in [2.75, 3.05) is 6.54 Å². The van der Waals surface area contributed by atoms with Crippen molar-refractivity contribution >= 4 is 23.2 Å². The van der Waals surface area contributed by atoms with E-state index in [1.165, 1.54) is 0 Å². The molecule has 1 unspecified atom stereocenters. The highest BCUT2D eigenvalue weighted by Gasteiger charge is 2.14. The Bertz CT molecular complexity index is 563. The summed E-state index contributed by atoms with van der Waals surface area (Å²) in [5.74, 6) is 0. The van der Waals surface area contributed by atoms with E-state index in [0.29, 0.717) is 22.2 Å². The minimum Gasteiger partial charge on any atom is -0.387 e. The second-order valence-corrected chi connectivity index (χ2v) is 5.41. The van der Waals surface area contributed by atoms with E-state index in [-0.39, 0.29) is 6.04 Å². The van der Waals surface area contributed by atoms with E-state index in [4.69, 9.17) is 23.2 Å². The first-order valence-corrected chi connectivity index (χ1v) is 7.11. The molecular formula is C15H16Cl2N2O. The quantitative estimate of drug-likeness (QED) is 0.883. The molecule has 0 fully saturated rings. The van der Waals surface area contributed by atoms with Crippen LogP contribution in [0.1, 0.15) is 30.3 Å². The Morgan fingerprint density at radius 3 is 2.75 bits per heavy atom. The molecule has 1 aromatic heterocycles. The average molecular weight is 311 g/mol. The van der Waals surface area contributed by atoms with Crippen LogP contribution in [0.25, 0.3) is 0 Å². The number of halogens is 2. The van der Waals surface area contributed by atoms with Crippen LogP contribution in [-0.2, 0) is 0 Å². The molecule has 2 aromatic rings. The number of aromatic nitrogens is 1. The molecule has 0 bridgehead atoms. The van der Waals surface area contributed by atoms with Crippen LogP contribution >= 0.6 is 23.2 Å². The molecule has 1 heterocycles. The van der Waals surface area contributed by atoms with Crippen molar-refractivity contribution in [2.45, 2.75) is 19.1 Å². The Labute approximate surface area is 128 Å². The van der Waals surface area contributed by atoms with Crippen LogP contribution in [0.5, 0.6) is 0 Å². The van der Waals surface area contributed by atoms with Gasteiger partial charge in [-0.1, -0.05) is 29.3 Å². The van der Waals surface area contributed by atoms with Gasteiger partial charge in [0.1, 0.15) is 0 Å². The van der Waals surface area contributed by atoms with Gasteiger partial charge in [0.2, 0.25) is 0 Å². The van der Waals surface area contributed by atoms with Crippen LogP contribution in [0.15, 0.2) is 42.6 Å². The van der Waals surface area contributed by atoms with Gasteiger partial charge in [-0.05, 0) is 37.3 Å². The molecule has 0 aliphatic carbocycles. The maximum Gasteiger partial charge on any atom is 0.0929 e. The Hall–Kier alpha value is -1.13. The Morgan fingerprint density at radius 2 is 2.05 bits per heavy atom. The van der Waals surface area contributed by atoms with Crippen molar-refractivity contribution < 1.29 is 5.11 Å². The fraction of sp³-hybridized carbons (Fsp3) is 0.267. The number of rotatable bonds is 5. The van der Waals surface area contributed by atoms with Crippen LogP contribution in [-0.4, -0.2) is 16.6 Å². The monoisotopic (exact) mass is 310 g/mol. The molecule has 2 rings (SSSR count). The van der Waals surface area contributed by atoms with Gasteiger partial charge in [0, 0.05) is 34.4 Å². The van der Waals surface area contributed by atoms with Crippen molar-refractivity contribution in [3.63, 3.8) is 0 Å². The van der Waals surface area contributed by atoms with E-state index < -0.39 is 6.10 Å². The zero-order valence-corrected chi connectivity index (χ0v) is 12.6. The maximum absolute atomic E-state index is 10.2. The van der Waals surface area contributed by atoms with Gasteiger partial charge < -0.3 is 10.4 Å². The highest BCUT2D eigenvalue weighted by atomic mass is 35.5. The van der Waals surface area contributed by atoms with E-state index in [9.17, 15) is 5.11 Å². The van der Waals surface area contributed by atoms with E-state index in [1.807, 2.05) is 25.1 Å². The van der Waals surface area contributed by atoms with Gasteiger partial charge in [-0.15, -0.1) is 0 Å². The molecule has 0 saturated carbocycles. The van der Waals surface area contributed by atoms with Gasteiger partial charge in [0.25, 0.3) is 0 Å². The molecule has 3 nitrogen and oxygen atoms in total. The fourth-order valence-electron chi connectivity index (χ4n) is 1.91. The van der Waals surface area contributed by atoms with Crippen molar-refractivity contribution in [3.05, 3.63) is 63.9 Å². The highest BCUT2D eigenvalue weighted by Crippen LogP contribution is 2.26. The predicted octanol–water partition coefficient (Wildman–Crippen LogP) is 3.77. The summed E-state index contributed by atoms with van der Waals surface area (Å²) in [5.41, 5.74) is 1.55. The summed E-state index contributed by atoms with van der Waals surface area (Å²) in [6, 6.07) is 10.9. The number of hydrogen-bond acceptors (Lipinski definition) is 3. The number of nitrogens with one attached hydrogen (secondary N) is 1. The van der Waals surface area contributed by atoms with E-state index in [2.05, 4.69) is 10.3 Å². The molecule has 0 saturated heterocycles. The lowest BCUT2D eigenvalue weighted by atomic mass is 10.1. The molecule has 2 N–H and O–H groups in total. The largest absolute Gasteiger partial charge is 0.387 e. The zero-order chi connectivity index (χ0) is 14.5. The first-order valence-electron chi connectivity index (χ1n) is 6.35. The Morgan fingerprint density at radius 1 is 1.25 bits per heavy atom. The van der Waals surface area contributed by atoms with Gasteiger partial charge in [-0.25, -0.2) is 0 Å². The highest BCUT2D eigenvalue weighted by molar-refractivity contribution is 6.33. The first-order chi connectivity index (χ1) is 9.58. The summed E-state index contributed by atoms with van der Waals surface area (Å²) in [7, 11) is 0. The van der Waals surface area contributed by atoms with Gasteiger partial charge in [-0.3, -0.25) is 4.98 Å². The molecule has 0 aliphatic rings. The minimum absolute atomic E-state index is 0.0452. The summed E-state index contributed by atoms with van der Waals surface area (Å²) in [6.45, 7) is 2.37. The first kappa shape index (κ1) is 15.3. The number of pyridine rings is 1. The molecule has 20 heavy (non-hydrogen) atoms. The Balaban J connectivity index is 1.98. The van der Waals surface area contributed by atoms with Crippen LogP contribution in [0, 0.1) is 0 Å². The molecule has 2 atom stereocenters. The predicted molar refractivity (Wildman–Crippen MR) is 82.1 cm³/mol. The summed E-state index contributed by atoms with van der Waals surface area (Å²) in [5, 5.41) is 14.5. The smallest absolute Gasteiger partial charge is 0.0929 e. The summed E-state index contributed by atoms with van der Waals surface area (Å²) in [6.07, 6.45) is 1.03. The van der Waals surface area contributed by atoms with Gasteiger partial charge >= 0.3 is 0 Å². The van der Waals surface area contributed by atoms with E-state index >= 15 is 0 Å². The number of hydrogen-bond donors (Lipinski definition) is 2. The summed E-state index contributed by atoms with van der Waals surface area (Å²) in [4.78, 5) is 4.27. The fourth-order valence-corrected chi connectivity index (χ4v) is 2.33. The molecule has 106 valence electrons. The lowest BCUT2D eigenvalue weighted by molar-refractivity contribution is 0.170. The van der Waals surface area contributed by atoms with Crippen molar-refractivity contribution in [2.24, 2.45) is 0 Å². The van der Waals surface area contributed by atoms with Gasteiger partial charge in [0.15, 0.2) is 0 Å². The summed E-state index contributed by atoms with van der Waals surface area (Å²) < 4.78 is 0. The SMILES string of the molecule is C[C@H](NCC(O)c1cc(Cl)ccc1Cl)c1ccccn1. The molecular weight excluding hydrogens is 295 g/mol. The molecule has 0 aliphatic heterocycles. The minimum atomic E-state index is -0.715. The van der Waals surface area contributed by atoms with Crippen molar-refractivity contribution in [3.8, 4) is 0 Å². The normalized spacial score (nSPS) is 14.0. The third-order valence-corrected chi connectivity index (χ3v) is 3.65. The molecule has 5 heteroatoms. The molecule has 0 spiro atoms. The average Bonchev–Trinajstić information content (AvgIpc) is 2.47. The van der Waals surface area contributed by atoms with E-state index in [1.54, 1.807) is 24.4 Å². The lowest BCUT2D eigenvalue weighted by Gasteiger charge is -2.18. The van der Waals surface area contributed by atoms with Crippen LogP contribution in [0.2, 0.25) is 10.0 Å². The standard InChI is InChI=1S/C15H16Cl2N2O/c1-10(14-4-2-3-7-18-14)19-9-15(20)12-8-11(16)5-6-13(12)17/h2-8,10,15,19-20H,9H2,1H3/t10-,15?/m0/s1. The number of benzene rings is 1. The number of aliphatic hydroxyl groups is 1. The summed E-state index contributed by atoms with van der Waals surface area (Å²) >= 11 is 12.0. The third kappa shape index (κ3) is 3.93. The Kier molecular flexibility index (Phi) is 5.38. The maximum atomic E-state index is 10.2. The zero-order valence-electron chi connectivity index (χ0n) is 11.1.